The average Bonchev–Trinajstić information content (AvgIpc) is 2.38. The second-order valence-electron chi connectivity index (χ2n) is 5.55. The Bertz CT molecular complexity index is 428. The molecule has 0 amide bonds. The summed E-state index contributed by atoms with van der Waals surface area (Å²) in [6, 6.07) is 7.47. The number of benzene rings is 1. The Balaban J connectivity index is 2.73. The van der Waals surface area contributed by atoms with Crippen molar-refractivity contribution in [1.29, 1.82) is 0 Å². The Kier molecular flexibility index (Phi) is 5.47. The van der Waals surface area contributed by atoms with Crippen LogP contribution in [0.4, 0.5) is 0 Å². The smallest absolute Gasteiger partial charge is 0.103 e. The minimum absolute atomic E-state index is 0.0831. The van der Waals surface area contributed by atoms with Crippen LogP contribution in [-0.4, -0.2) is 34.1 Å². The van der Waals surface area contributed by atoms with E-state index in [0.717, 1.165) is 17.5 Å². The molecule has 1 aromatic carbocycles. The number of nitrogens with two attached hydrogens (primary N) is 1. The highest BCUT2D eigenvalue weighted by Crippen LogP contribution is 2.21. The molecule has 3 nitrogen and oxygen atoms in total. The lowest BCUT2D eigenvalue weighted by molar-refractivity contribution is 0.0686. The quantitative estimate of drug-likeness (QED) is 0.786. The van der Waals surface area contributed by atoms with Gasteiger partial charge >= 0.3 is 0 Å². The van der Waals surface area contributed by atoms with Gasteiger partial charge in [-0.3, -0.25) is 4.90 Å². The molecule has 0 aliphatic carbocycles. The SMILES string of the molecule is CCC(C)(C)N(C)CC(O)c1ccc(C(N)=S)cc1. The number of hydrogen-bond acceptors (Lipinski definition) is 3. The van der Waals surface area contributed by atoms with Crippen molar-refractivity contribution in [3.63, 3.8) is 0 Å². The van der Waals surface area contributed by atoms with Crippen molar-refractivity contribution in [2.75, 3.05) is 13.6 Å². The molecule has 0 radical (unpaired) electrons. The van der Waals surface area contributed by atoms with Crippen LogP contribution in [0.5, 0.6) is 0 Å². The maximum absolute atomic E-state index is 10.3. The summed E-state index contributed by atoms with van der Waals surface area (Å²) < 4.78 is 0. The van der Waals surface area contributed by atoms with Gasteiger partial charge in [-0.1, -0.05) is 43.4 Å². The van der Waals surface area contributed by atoms with E-state index in [1.807, 2.05) is 31.3 Å². The van der Waals surface area contributed by atoms with E-state index in [1.165, 1.54) is 0 Å². The van der Waals surface area contributed by atoms with Crippen molar-refractivity contribution in [3.05, 3.63) is 35.4 Å². The van der Waals surface area contributed by atoms with E-state index in [1.54, 1.807) is 0 Å². The number of β-amino-alcohol motifs (C(OH)–C–C–N with tert-alkyl or cyclic N) is 1. The van der Waals surface area contributed by atoms with Crippen LogP contribution < -0.4 is 5.73 Å². The molecule has 0 saturated carbocycles. The molecule has 1 aromatic rings. The summed E-state index contributed by atoms with van der Waals surface area (Å²) in [7, 11) is 2.04. The number of rotatable bonds is 6. The maximum atomic E-state index is 10.3. The van der Waals surface area contributed by atoms with E-state index in [4.69, 9.17) is 18.0 Å². The van der Waals surface area contributed by atoms with Gasteiger partial charge in [0.05, 0.1) is 6.10 Å². The topological polar surface area (TPSA) is 49.5 Å². The van der Waals surface area contributed by atoms with Crippen LogP contribution in [0.15, 0.2) is 24.3 Å². The van der Waals surface area contributed by atoms with Gasteiger partial charge in [0, 0.05) is 17.6 Å². The predicted molar refractivity (Wildman–Crippen MR) is 84.3 cm³/mol. The van der Waals surface area contributed by atoms with Crippen molar-refractivity contribution in [3.8, 4) is 0 Å². The van der Waals surface area contributed by atoms with Gasteiger partial charge in [0.2, 0.25) is 0 Å². The average molecular weight is 280 g/mol. The third-order valence-electron chi connectivity index (χ3n) is 3.93. The predicted octanol–water partition coefficient (Wildman–Crippen LogP) is 2.47. The van der Waals surface area contributed by atoms with Crippen molar-refractivity contribution in [2.24, 2.45) is 5.73 Å². The van der Waals surface area contributed by atoms with Gasteiger partial charge < -0.3 is 10.8 Å². The van der Waals surface area contributed by atoms with Crippen LogP contribution in [0.25, 0.3) is 0 Å². The number of likely N-dealkylation sites (N-methyl/N-ethyl adjacent to an activating group) is 1. The standard InChI is InChI=1S/C15H24N2OS/c1-5-15(2,3)17(4)10-13(18)11-6-8-12(9-7-11)14(16)19/h6-9,13,18H,5,10H2,1-4H3,(H2,16,19). The van der Waals surface area contributed by atoms with E-state index in [0.29, 0.717) is 11.5 Å². The van der Waals surface area contributed by atoms with Crippen molar-refractivity contribution in [2.45, 2.75) is 38.8 Å². The molecule has 0 aliphatic rings. The second-order valence-corrected chi connectivity index (χ2v) is 5.99. The monoisotopic (exact) mass is 280 g/mol. The third kappa shape index (κ3) is 4.27. The zero-order valence-corrected chi connectivity index (χ0v) is 13.0. The largest absolute Gasteiger partial charge is 0.389 e. The van der Waals surface area contributed by atoms with Crippen LogP contribution in [0, 0.1) is 0 Å². The van der Waals surface area contributed by atoms with Gasteiger partial charge in [0.15, 0.2) is 0 Å². The van der Waals surface area contributed by atoms with Gasteiger partial charge in [-0.15, -0.1) is 0 Å². The van der Waals surface area contributed by atoms with Crippen molar-refractivity contribution < 1.29 is 5.11 Å². The molecule has 3 N–H and O–H groups in total. The Morgan fingerprint density at radius 2 is 1.89 bits per heavy atom. The lowest BCUT2D eigenvalue weighted by atomic mass is 9.98. The fraction of sp³-hybridized carbons (Fsp3) is 0.533. The summed E-state index contributed by atoms with van der Waals surface area (Å²) in [6.45, 7) is 7.11. The van der Waals surface area contributed by atoms with E-state index >= 15 is 0 Å². The molecular formula is C15H24N2OS. The molecule has 4 heteroatoms. The molecule has 19 heavy (non-hydrogen) atoms. The lowest BCUT2D eigenvalue weighted by Gasteiger charge is -2.36. The van der Waals surface area contributed by atoms with E-state index in [-0.39, 0.29) is 5.54 Å². The number of aliphatic hydroxyl groups is 1. The molecule has 106 valence electrons. The van der Waals surface area contributed by atoms with Gasteiger partial charge in [0.1, 0.15) is 4.99 Å². The van der Waals surface area contributed by atoms with Crippen LogP contribution in [-0.2, 0) is 0 Å². The molecule has 0 bridgehead atoms. The molecule has 1 unspecified atom stereocenters. The van der Waals surface area contributed by atoms with Gasteiger partial charge in [-0.2, -0.15) is 0 Å². The summed E-state index contributed by atoms with van der Waals surface area (Å²) in [4.78, 5) is 2.56. The van der Waals surface area contributed by atoms with Crippen molar-refractivity contribution in [1.82, 2.24) is 4.90 Å². The first kappa shape index (κ1) is 16.1. The number of aliphatic hydroxyl groups excluding tert-OH is 1. The van der Waals surface area contributed by atoms with Crippen LogP contribution in [0.3, 0.4) is 0 Å². The van der Waals surface area contributed by atoms with Crippen LogP contribution in [0.1, 0.15) is 44.4 Å². The van der Waals surface area contributed by atoms with Gasteiger partial charge in [-0.25, -0.2) is 0 Å². The molecule has 0 aliphatic heterocycles. The molecule has 0 aromatic heterocycles. The minimum atomic E-state index is -0.503. The molecule has 1 atom stereocenters. The van der Waals surface area contributed by atoms with E-state index < -0.39 is 6.10 Å². The number of nitrogens with zero attached hydrogens (tertiary/aromatic N) is 1. The van der Waals surface area contributed by atoms with Crippen LogP contribution in [0.2, 0.25) is 0 Å². The Hall–Kier alpha value is -0.970. The van der Waals surface area contributed by atoms with Crippen LogP contribution >= 0.6 is 12.2 Å². The molecule has 0 saturated heterocycles. The molecule has 0 heterocycles. The minimum Gasteiger partial charge on any atom is -0.389 e. The summed E-state index contributed by atoms with van der Waals surface area (Å²) in [5.74, 6) is 0. The van der Waals surface area contributed by atoms with E-state index in [2.05, 4.69) is 25.7 Å². The third-order valence-corrected chi connectivity index (χ3v) is 4.16. The zero-order valence-electron chi connectivity index (χ0n) is 12.2. The van der Waals surface area contributed by atoms with E-state index in [9.17, 15) is 5.11 Å². The van der Waals surface area contributed by atoms with Gasteiger partial charge in [-0.05, 0) is 32.9 Å². The fourth-order valence-electron chi connectivity index (χ4n) is 1.75. The first-order chi connectivity index (χ1) is 8.77. The Labute approximate surface area is 121 Å². The Morgan fingerprint density at radius 1 is 1.37 bits per heavy atom. The fourth-order valence-corrected chi connectivity index (χ4v) is 1.89. The zero-order chi connectivity index (χ0) is 14.6. The maximum Gasteiger partial charge on any atom is 0.103 e. The first-order valence-electron chi connectivity index (χ1n) is 6.57. The lowest BCUT2D eigenvalue weighted by Crippen LogP contribution is -2.42. The summed E-state index contributed by atoms with van der Waals surface area (Å²) in [5.41, 5.74) is 7.35. The summed E-state index contributed by atoms with van der Waals surface area (Å²) >= 11 is 4.91. The first-order valence-corrected chi connectivity index (χ1v) is 6.98. The van der Waals surface area contributed by atoms with Gasteiger partial charge in [0.25, 0.3) is 0 Å². The number of thiocarbonyl (C=S) groups is 1. The van der Waals surface area contributed by atoms with Crippen molar-refractivity contribution >= 4 is 17.2 Å². The highest BCUT2D eigenvalue weighted by Gasteiger charge is 2.23. The summed E-state index contributed by atoms with van der Waals surface area (Å²) in [5, 5.41) is 10.3. The molecular weight excluding hydrogens is 256 g/mol. The summed E-state index contributed by atoms with van der Waals surface area (Å²) in [6.07, 6.45) is 0.535. The highest BCUT2D eigenvalue weighted by atomic mass is 32.1. The normalized spacial score (nSPS) is 13.6. The second kappa shape index (κ2) is 6.46. The Morgan fingerprint density at radius 3 is 2.32 bits per heavy atom. The molecule has 0 spiro atoms. The molecule has 1 rings (SSSR count). The number of hydrogen-bond donors (Lipinski definition) is 2. The molecule has 0 fully saturated rings. The highest BCUT2D eigenvalue weighted by molar-refractivity contribution is 7.80.